The number of aliphatic hydroxyl groups excluding tert-OH is 1. The summed E-state index contributed by atoms with van der Waals surface area (Å²) < 4.78 is 1.09. The fourth-order valence-corrected chi connectivity index (χ4v) is 1.63. The van der Waals surface area contributed by atoms with Crippen molar-refractivity contribution < 1.29 is 5.11 Å². The zero-order chi connectivity index (χ0) is 11.3. The highest BCUT2D eigenvalue weighted by molar-refractivity contribution is 9.10. The summed E-state index contributed by atoms with van der Waals surface area (Å²) in [6, 6.07) is 8.38. The van der Waals surface area contributed by atoms with Gasteiger partial charge in [-0.25, -0.2) is 0 Å². The average molecular weight is 272 g/mol. The van der Waals surface area contributed by atoms with E-state index >= 15 is 0 Å². The van der Waals surface area contributed by atoms with E-state index in [-0.39, 0.29) is 12.6 Å². The molecule has 1 atom stereocenters. The minimum absolute atomic E-state index is 0.175. The first-order valence-electron chi connectivity index (χ1n) is 5.22. The van der Waals surface area contributed by atoms with Crippen LogP contribution in [0, 0.1) is 5.92 Å². The normalized spacial score (nSPS) is 13.1. The summed E-state index contributed by atoms with van der Waals surface area (Å²) in [6.07, 6.45) is 0. The lowest BCUT2D eigenvalue weighted by atomic mass is 10.1. The minimum atomic E-state index is 0.175. The average Bonchev–Trinajstić information content (AvgIpc) is 2.21. The summed E-state index contributed by atoms with van der Waals surface area (Å²) in [5.74, 6) is 0.449. The second-order valence-corrected chi connectivity index (χ2v) is 4.96. The van der Waals surface area contributed by atoms with Gasteiger partial charge in [-0.2, -0.15) is 0 Å². The van der Waals surface area contributed by atoms with Crippen LogP contribution < -0.4 is 5.32 Å². The number of hydrogen-bond acceptors (Lipinski definition) is 2. The highest BCUT2D eigenvalue weighted by atomic mass is 79.9. The Kier molecular flexibility index (Phi) is 5.29. The van der Waals surface area contributed by atoms with Gasteiger partial charge in [-0.05, 0) is 23.6 Å². The van der Waals surface area contributed by atoms with Crippen LogP contribution in [0.15, 0.2) is 28.7 Å². The van der Waals surface area contributed by atoms with Gasteiger partial charge in [0.05, 0.1) is 6.61 Å². The molecular weight excluding hydrogens is 254 g/mol. The standard InChI is InChI=1S/C12H18BrNO/c1-9(2)12(8-15)14-7-10-3-5-11(13)6-4-10/h3-6,9,12,14-15H,7-8H2,1-2H3. The Balaban J connectivity index is 2.45. The number of hydrogen-bond donors (Lipinski definition) is 2. The molecule has 0 aliphatic heterocycles. The van der Waals surface area contributed by atoms with E-state index in [0.717, 1.165) is 11.0 Å². The minimum Gasteiger partial charge on any atom is -0.395 e. The highest BCUT2D eigenvalue weighted by Crippen LogP contribution is 2.11. The first-order valence-corrected chi connectivity index (χ1v) is 6.01. The molecule has 0 saturated carbocycles. The molecule has 1 aromatic rings. The monoisotopic (exact) mass is 271 g/mol. The number of nitrogens with one attached hydrogen (secondary N) is 1. The molecule has 0 aromatic heterocycles. The topological polar surface area (TPSA) is 32.3 Å². The Morgan fingerprint density at radius 2 is 1.87 bits per heavy atom. The van der Waals surface area contributed by atoms with E-state index in [1.807, 2.05) is 12.1 Å². The summed E-state index contributed by atoms with van der Waals surface area (Å²) in [7, 11) is 0. The Morgan fingerprint density at radius 1 is 1.27 bits per heavy atom. The van der Waals surface area contributed by atoms with Crippen molar-refractivity contribution in [2.45, 2.75) is 26.4 Å². The summed E-state index contributed by atoms with van der Waals surface area (Å²) >= 11 is 3.40. The van der Waals surface area contributed by atoms with Crippen molar-refractivity contribution in [3.05, 3.63) is 34.3 Å². The molecule has 0 saturated heterocycles. The highest BCUT2D eigenvalue weighted by Gasteiger charge is 2.10. The van der Waals surface area contributed by atoms with E-state index in [9.17, 15) is 0 Å². The Labute approximate surface area is 99.8 Å². The predicted octanol–water partition coefficient (Wildman–Crippen LogP) is 2.56. The molecule has 0 bridgehead atoms. The van der Waals surface area contributed by atoms with Gasteiger partial charge in [0.15, 0.2) is 0 Å². The van der Waals surface area contributed by atoms with E-state index in [1.165, 1.54) is 5.56 Å². The molecule has 1 unspecified atom stereocenters. The second kappa shape index (κ2) is 6.26. The van der Waals surface area contributed by atoms with Crippen LogP contribution in [-0.4, -0.2) is 17.8 Å². The van der Waals surface area contributed by atoms with Crippen LogP contribution in [0.5, 0.6) is 0 Å². The Morgan fingerprint density at radius 3 is 2.33 bits per heavy atom. The lowest BCUT2D eigenvalue weighted by Crippen LogP contribution is -2.36. The van der Waals surface area contributed by atoms with Gasteiger partial charge in [-0.3, -0.25) is 0 Å². The van der Waals surface area contributed by atoms with E-state index in [4.69, 9.17) is 5.11 Å². The van der Waals surface area contributed by atoms with Gasteiger partial charge in [-0.1, -0.05) is 41.9 Å². The molecule has 3 heteroatoms. The van der Waals surface area contributed by atoms with E-state index in [1.54, 1.807) is 0 Å². The maximum absolute atomic E-state index is 9.15. The van der Waals surface area contributed by atoms with E-state index in [2.05, 4.69) is 47.2 Å². The van der Waals surface area contributed by atoms with Crippen LogP contribution in [0.25, 0.3) is 0 Å². The van der Waals surface area contributed by atoms with Gasteiger partial charge < -0.3 is 10.4 Å². The van der Waals surface area contributed by atoms with Gasteiger partial charge >= 0.3 is 0 Å². The van der Waals surface area contributed by atoms with Crippen LogP contribution >= 0.6 is 15.9 Å². The fraction of sp³-hybridized carbons (Fsp3) is 0.500. The fourth-order valence-electron chi connectivity index (χ4n) is 1.36. The molecule has 2 nitrogen and oxygen atoms in total. The molecule has 0 spiro atoms. The first-order chi connectivity index (χ1) is 7.13. The molecule has 84 valence electrons. The molecule has 1 aromatic carbocycles. The maximum atomic E-state index is 9.15. The quantitative estimate of drug-likeness (QED) is 0.863. The van der Waals surface area contributed by atoms with Gasteiger partial charge in [-0.15, -0.1) is 0 Å². The van der Waals surface area contributed by atoms with Crippen molar-refractivity contribution in [1.82, 2.24) is 5.32 Å². The summed E-state index contributed by atoms with van der Waals surface area (Å²) in [5.41, 5.74) is 1.23. The molecule has 0 heterocycles. The van der Waals surface area contributed by atoms with Crippen molar-refractivity contribution >= 4 is 15.9 Å². The number of aliphatic hydroxyl groups is 1. The second-order valence-electron chi connectivity index (χ2n) is 4.04. The van der Waals surface area contributed by atoms with Crippen molar-refractivity contribution in [3.8, 4) is 0 Å². The van der Waals surface area contributed by atoms with Gasteiger partial charge in [0.2, 0.25) is 0 Å². The summed E-state index contributed by atoms with van der Waals surface area (Å²) in [6.45, 7) is 5.20. The lowest BCUT2D eigenvalue weighted by molar-refractivity contribution is 0.210. The lowest BCUT2D eigenvalue weighted by Gasteiger charge is -2.19. The maximum Gasteiger partial charge on any atom is 0.0587 e. The smallest absolute Gasteiger partial charge is 0.0587 e. The van der Waals surface area contributed by atoms with Gasteiger partial charge in [0.25, 0.3) is 0 Å². The SMILES string of the molecule is CC(C)C(CO)NCc1ccc(Br)cc1. The van der Waals surface area contributed by atoms with Crippen molar-refractivity contribution in [1.29, 1.82) is 0 Å². The van der Waals surface area contributed by atoms with Crippen molar-refractivity contribution in [3.63, 3.8) is 0 Å². The molecule has 0 fully saturated rings. The Bertz CT molecular complexity index is 284. The third-order valence-corrected chi connectivity index (χ3v) is 3.01. The molecule has 2 N–H and O–H groups in total. The molecule has 1 rings (SSSR count). The summed E-state index contributed by atoms with van der Waals surface area (Å²) in [4.78, 5) is 0. The van der Waals surface area contributed by atoms with Crippen LogP contribution in [0.3, 0.4) is 0 Å². The van der Waals surface area contributed by atoms with Crippen LogP contribution in [-0.2, 0) is 6.54 Å². The third-order valence-electron chi connectivity index (χ3n) is 2.48. The Hall–Kier alpha value is -0.380. The number of halogens is 1. The van der Waals surface area contributed by atoms with E-state index in [0.29, 0.717) is 5.92 Å². The largest absolute Gasteiger partial charge is 0.395 e. The van der Waals surface area contributed by atoms with Crippen LogP contribution in [0.2, 0.25) is 0 Å². The molecular formula is C12H18BrNO. The van der Waals surface area contributed by atoms with E-state index < -0.39 is 0 Å². The predicted molar refractivity (Wildman–Crippen MR) is 66.7 cm³/mol. The summed E-state index contributed by atoms with van der Waals surface area (Å²) in [5, 5.41) is 12.5. The molecule has 0 aliphatic rings. The molecule has 0 radical (unpaired) electrons. The zero-order valence-electron chi connectivity index (χ0n) is 9.20. The van der Waals surface area contributed by atoms with Crippen molar-refractivity contribution in [2.75, 3.05) is 6.61 Å². The van der Waals surface area contributed by atoms with Crippen LogP contribution in [0.1, 0.15) is 19.4 Å². The van der Waals surface area contributed by atoms with Gasteiger partial charge in [0, 0.05) is 17.1 Å². The zero-order valence-corrected chi connectivity index (χ0v) is 10.8. The number of benzene rings is 1. The third kappa shape index (κ3) is 4.33. The molecule has 0 aliphatic carbocycles. The van der Waals surface area contributed by atoms with Gasteiger partial charge in [0.1, 0.15) is 0 Å². The number of rotatable bonds is 5. The molecule has 0 amide bonds. The van der Waals surface area contributed by atoms with Crippen molar-refractivity contribution in [2.24, 2.45) is 5.92 Å². The van der Waals surface area contributed by atoms with Crippen LogP contribution in [0.4, 0.5) is 0 Å². The first kappa shape index (κ1) is 12.7. The molecule has 15 heavy (non-hydrogen) atoms.